The molecule has 0 fully saturated rings. The van der Waals surface area contributed by atoms with Crippen molar-refractivity contribution in [2.24, 2.45) is 5.92 Å². The lowest BCUT2D eigenvalue weighted by atomic mass is 9.83. The van der Waals surface area contributed by atoms with E-state index in [1.165, 1.54) is 0 Å². The first-order valence-corrected chi connectivity index (χ1v) is 8.18. The molecule has 12 heteroatoms. The second-order valence-corrected chi connectivity index (χ2v) is 6.23. The summed E-state index contributed by atoms with van der Waals surface area (Å²) in [5.41, 5.74) is -3.25. The molecule has 0 spiro atoms. The standard InChI is InChI=1S/C16H16F6N4O2/c1-2-3-11(14(27)28)12(13-23-25-26-24-13)6-8-4-9(15(17,18)19)7-10(5-8)16(20,21)22/h4-5,7,11-12H,2-3,6H2,1H3,(H,27,28)(H,23,24,25,26)/t11-,12-/m0/s1. The molecule has 2 atom stereocenters. The zero-order valence-corrected chi connectivity index (χ0v) is 14.5. The molecule has 1 aromatic heterocycles. The third kappa shape index (κ3) is 5.20. The summed E-state index contributed by atoms with van der Waals surface area (Å²) in [5, 5.41) is 22.3. The molecule has 0 saturated heterocycles. The number of halogens is 6. The third-order valence-corrected chi connectivity index (χ3v) is 4.20. The van der Waals surface area contributed by atoms with Crippen molar-refractivity contribution in [1.82, 2.24) is 20.6 Å². The van der Waals surface area contributed by atoms with Crippen LogP contribution in [-0.4, -0.2) is 31.7 Å². The Morgan fingerprint density at radius 3 is 2.07 bits per heavy atom. The fourth-order valence-electron chi connectivity index (χ4n) is 2.94. The molecular weight excluding hydrogens is 394 g/mol. The minimum atomic E-state index is -4.99. The smallest absolute Gasteiger partial charge is 0.416 e. The van der Waals surface area contributed by atoms with Gasteiger partial charge in [-0.1, -0.05) is 18.6 Å². The molecule has 0 unspecified atom stereocenters. The van der Waals surface area contributed by atoms with Gasteiger partial charge in [0.05, 0.1) is 17.0 Å². The highest BCUT2D eigenvalue weighted by atomic mass is 19.4. The summed E-state index contributed by atoms with van der Waals surface area (Å²) in [7, 11) is 0. The van der Waals surface area contributed by atoms with Crippen molar-refractivity contribution in [2.75, 3.05) is 0 Å². The minimum absolute atomic E-state index is 0.0214. The summed E-state index contributed by atoms with van der Waals surface area (Å²) in [5.74, 6) is -3.50. The van der Waals surface area contributed by atoms with Gasteiger partial charge in [-0.05, 0) is 36.6 Å². The van der Waals surface area contributed by atoms with Crippen LogP contribution in [0.25, 0.3) is 0 Å². The van der Waals surface area contributed by atoms with Crippen LogP contribution in [0.1, 0.15) is 48.2 Å². The predicted octanol–water partition coefficient (Wildman–Crippen LogP) is 4.06. The lowest BCUT2D eigenvalue weighted by Crippen LogP contribution is -2.25. The summed E-state index contributed by atoms with van der Waals surface area (Å²) in [6.07, 6.45) is -9.84. The van der Waals surface area contributed by atoms with Crippen molar-refractivity contribution in [1.29, 1.82) is 0 Å². The Labute approximate surface area is 154 Å². The second-order valence-electron chi connectivity index (χ2n) is 6.23. The van der Waals surface area contributed by atoms with E-state index in [9.17, 15) is 36.2 Å². The molecular formula is C16H16F6N4O2. The number of nitrogens with zero attached hydrogens (tertiary/aromatic N) is 3. The second kappa shape index (κ2) is 8.15. The Morgan fingerprint density at radius 2 is 1.68 bits per heavy atom. The van der Waals surface area contributed by atoms with Gasteiger partial charge in [-0.3, -0.25) is 4.79 Å². The topological polar surface area (TPSA) is 91.8 Å². The molecule has 1 aromatic carbocycles. The number of hydrogen-bond acceptors (Lipinski definition) is 4. The number of aromatic amines is 1. The van der Waals surface area contributed by atoms with E-state index < -0.39 is 47.7 Å². The molecule has 0 amide bonds. The number of carboxylic acids is 1. The van der Waals surface area contributed by atoms with Crippen LogP contribution in [0.3, 0.4) is 0 Å². The number of tetrazole rings is 1. The van der Waals surface area contributed by atoms with Crippen molar-refractivity contribution in [3.8, 4) is 0 Å². The molecule has 0 saturated carbocycles. The lowest BCUT2D eigenvalue weighted by molar-refractivity contribution is -0.144. The van der Waals surface area contributed by atoms with E-state index in [1.54, 1.807) is 6.92 Å². The predicted molar refractivity (Wildman–Crippen MR) is 83.1 cm³/mol. The van der Waals surface area contributed by atoms with Crippen molar-refractivity contribution < 1.29 is 36.2 Å². The average Bonchev–Trinajstić information content (AvgIpc) is 3.10. The summed E-state index contributed by atoms with van der Waals surface area (Å²) >= 11 is 0. The first-order chi connectivity index (χ1) is 12.9. The van der Waals surface area contributed by atoms with Crippen LogP contribution in [0.5, 0.6) is 0 Å². The van der Waals surface area contributed by atoms with E-state index in [4.69, 9.17) is 0 Å². The highest BCUT2D eigenvalue weighted by molar-refractivity contribution is 5.71. The maximum Gasteiger partial charge on any atom is 0.416 e. The number of hydrogen-bond donors (Lipinski definition) is 2. The molecule has 0 aliphatic carbocycles. The van der Waals surface area contributed by atoms with Gasteiger partial charge in [-0.2, -0.15) is 31.6 Å². The normalized spacial score (nSPS) is 14.7. The van der Waals surface area contributed by atoms with Gasteiger partial charge in [0.1, 0.15) is 0 Å². The summed E-state index contributed by atoms with van der Waals surface area (Å²) in [4.78, 5) is 11.6. The third-order valence-electron chi connectivity index (χ3n) is 4.20. The van der Waals surface area contributed by atoms with E-state index in [0.717, 1.165) is 0 Å². The fourth-order valence-corrected chi connectivity index (χ4v) is 2.94. The molecule has 2 rings (SSSR count). The van der Waals surface area contributed by atoms with Gasteiger partial charge in [0.15, 0.2) is 5.82 Å². The van der Waals surface area contributed by atoms with E-state index in [1.807, 2.05) is 0 Å². The molecule has 2 aromatic rings. The number of H-pyrrole nitrogens is 1. The molecule has 154 valence electrons. The number of carbonyl (C=O) groups is 1. The van der Waals surface area contributed by atoms with Crippen molar-refractivity contribution in [3.63, 3.8) is 0 Å². The van der Waals surface area contributed by atoms with E-state index in [-0.39, 0.29) is 23.9 Å². The van der Waals surface area contributed by atoms with Gasteiger partial charge < -0.3 is 5.11 Å². The number of benzene rings is 1. The van der Waals surface area contributed by atoms with Crippen molar-refractivity contribution in [2.45, 2.75) is 44.5 Å². The zero-order valence-electron chi connectivity index (χ0n) is 14.5. The Bertz CT molecular complexity index is 772. The number of nitrogens with one attached hydrogen (secondary N) is 1. The van der Waals surface area contributed by atoms with Crippen LogP contribution in [0.4, 0.5) is 26.3 Å². The Morgan fingerprint density at radius 1 is 1.11 bits per heavy atom. The molecule has 28 heavy (non-hydrogen) atoms. The maximum atomic E-state index is 13.1. The number of carboxylic acid groups (broad SMARTS) is 1. The van der Waals surface area contributed by atoms with Crippen molar-refractivity contribution >= 4 is 5.97 Å². The number of aromatic nitrogens is 4. The molecule has 2 N–H and O–H groups in total. The Kier molecular flexibility index (Phi) is 6.30. The first kappa shape index (κ1) is 21.6. The van der Waals surface area contributed by atoms with E-state index in [2.05, 4.69) is 20.6 Å². The van der Waals surface area contributed by atoms with Crippen LogP contribution >= 0.6 is 0 Å². The van der Waals surface area contributed by atoms with Crippen molar-refractivity contribution in [3.05, 3.63) is 40.7 Å². The van der Waals surface area contributed by atoms with Gasteiger partial charge in [0.2, 0.25) is 0 Å². The minimum Gasteiger partial charge on any atom is -0.481 e. The van der Waals surface area contributed by atoms with Gasteiger partial charge in [-0.15, -0.1) is 10.2 Å². The molecule has 0 aliphatic heterocycles. The summed E-state index contributed by atoms with van der Waals surface area (Å²) in [6, 6.07) is 1.17. The Balaban J connectivity index is 2.52. The van der Waals surface area contributed by atoms with Crippen LogP contribution < -0.4 is 0 Å². The van der Waals surface area contributed by atoms with Gasteiger partial charge >= 0.3 is 18.3 Å². The molecule has 6 nitrogen and oxygen atoms in total. The number of rotatable bonds is 7. The average molecular weight is 410 g/mol. The van der Waals surface area contributed by atoms with E-state index >= 15 is 0 Å². The van der Waals surface area contributed by atoms with Gasteiger partial charge in [0, 0.05) is 5.92 Å². The SMILES string of the molecule is CCC[C@H](C(=O)O)[C@H](Cc1cc(C(F)(F)F)cc(C(F)(F)F)c1)c1nn[nH]n1. The first-order valence-electron chi connectivity index (χ1n) is 8.18. The Hall–Kier alpha value is -2.66. The molecule has 0 aliphatic rings. The molecule has 1 heterocycles. The fraction of sp³-hybridized carbons (Fsp3) is 0.500. The summed E-state index contributed by atoms with van der Waals surface area (Å²) < 4.78 is 78.3. The monoisotopic (exact) mass is 410 g/mol. The van der Waals surface area contributed by atoms with Crippen LogP contribution in [0.2, 0.25) is 0 Å². The van der Waals surface area contributed by atoms with Gasteiger partial charge in [0.25, 0.3) is 0 Å². The van der Waals surface area contributed by atoms with Gasteiger partial charge in [-0.25, -0.2) is 0 Å². The van der Waals surface area contributed by atoms with Crippen LogP contribution in [0, 0.1) is 5.92 Å². The largest absolute Gasteiger partial charge is 0.481 e. The van der Waals surface area contributed by atoms with Crippen LogP contribution in [0.15, 0.2) is 18.2 Å². The summed E-state index contributed by atoms with van der Waals surface area (Å²) in [6.45, 7) is 1.70. The van der Waals surface area contributed by atoms with E-state index in [0.29, 0.717) is 18.6 Å². The quantitative estimate of drug-likeness (QED) is 0.672. The maximum absolute atomic E-state index is 13.1. The lowest BCUT2D eigenvalue weighted by Gasteiger charge is -2.22. The molecule has 0 bridgehead atoms. The zero-order chi connectivity index (χ0) is 21.1. The van der Waals surface area contributed by atoms with Crippen LogP contribution in [-0.2, 0) is 23.6 Å². The number of alkyl halides is 6. The molecule has 0 radical (unpaired) electrons. The number of aliphatic carboxylic acids is 1. The highest BCUT2D eigenvalue weighted by Gasteiger charge is 2.38. The highest BCUT2D eigenvalue weighted by Crippen LogP contribution is 2.38.